The molecule has 0 saturated heterocycles. The lowest BCUT2D eigenvalue weighted by molar-refractivity contribution is 0.740. The van der Waals surface area contributed by atoms with Gasteiger partial charge in [0, 0.05) is 29.9 Å². The van der Waals surface area contributed by atoms with Gasteiger partial charge < -0.3 is 5.73 Å². The molecule has 1 heterocycles. The molecule has 1 aromatic heterocycles. The average molecular weight is 236 g/mol. The van der Waals surface area contributed by atoms with Crippen LogP contribution >= 0.6 is 11.6 Å². The quantitative estimate of drug-likeness (QED) is 0.869. The second-order valence-electron chi connectivity index (χ2n) is 3.78. The van der Waals surface area contributed by atoms with E-state index in [2.05, 4.69) is 5.10 Å². The fourth-order valence-electron chi connectivity index (χ4n) is 1.68. The van der Waals surface area contributed by atoms with Crippen LogP contribution in [0.15, 0.2) is 24.4 Å². The van der Waals surface area contributed by atoms with E-state index < -0.39 is 0 Å². The van der Waals surface area contributed by atoms with E-state index in [4.69, 9.17) is 17.3 Å². The van der Waals surface area contributed by atoms with Gasteiger partial charge in [0.2, 0.25) is 0 Å². The fourth-order valence-corrected chi connectivity index (χ4v) is 1.88. The van der Waals surface area contributed by atoms with Crippen molar-refractivity contribution < 1.29 is 0 Å². The van der Waals surface area contributed by atoms with Gasteiger partial charge in [0.05, 0.1) is 6.20 Å². The molecule has 0 saturated carbocycles. The van der Waals surface area contributed by atoms with Gasteiger partial charge in [-0.25, -0.2) is 0 Å². The minimum atomic E-state index is 0.450. The first-order chi connectivity index (χ1) is 7.63. The summed E-state index contributed by atoms with van der Waals surface area (Å²) in [5.74, 6) is 0. The second-order valence-corrected chi connectivity index (χ2v) is 4.18. The van der Waals surface area contributed by atoms with E-state index in [0.29, 0.717) is 11.6 Å². The van der Waals surface area contributed by atoms with Crippen molar-refractivity contribution in [2.75, 3.05) is 0 Å². The summed E-state index contributed by atoms with van der Waals surface area (Å²) in [5.41, 5.74) is 9.95. The molecule has 0 aliphatic carbocycles. The summed E-state index contributed by atoms with van der Waals surface area (Å²) in [6.45, 7) is 2.49. The molecule has 2 rings (SSSR count). The molecule has 4 heteroatoms. The first-order valence-electron chi connectivity index (χ1n) is 5.11. The lowest BCUT2D eigenvalue weighted by Gasteiger charge is -2.05. The molecular weight excluding hydrogens is 222 g/mol. The maximum absolute atomic E-state index is 6.03. The van der Waals surface area contributed by atoms with Gasteiger partial charge in [0.15, 0.2) is 0 Å². The Bertz CT molecular complexity index is 517. The number of halogens is 1. The summed E-state index contributed by atoms with van der Waals surface area (Å²) >= 11 is 6.03. The van der Waals surface area contributed by atoms with E-state index in [1.165, 1.54) is 0 Å². The molecule has 0 bridgehead atoms. The Hall–Kier alpha value is -1.32. The van der Waals surface area contributed by atoms with E-state index in [-0.39, 0.29) is 0 Å². The summed E-state index contributed by atoms with van der Waals surface area (Å²) in [6.07, 6.45) is 1.86. The summed E-state index contributed by atoms with van der Waals surface area (Å²) in [4.78, 5) is 0. The van der Waals surface area contributed by atoms with Crippen LogP contribution in [0.3, 0.4) is 0 Å². The normalized spacial score (nSPS) is 10.8. The minimum Gasteiger partial charge on any atom is -0.326 e. The molecule has 84 valence electrons. The van der Waals surface area contributed by atoms with Crippen molar-refractivity contribution in [1.29, 1.82) is 0 Å². The second kappa shape index (κ2) is 4.28. The molecule has 0 spiro atoms. The fraction of sp³-hybridized carbons (Fsp3) is 0.250. The van der Waals surface area contributed by atoms with E-state index in [1.807, 2.05) is 43.0 Å². The zero-order valence-corrected chi connectivity index (χ0v) is 10.1. The van der Waals surface area contributed by atoms with Crippen LogP contribution < -0.4 is 5.73 Å². The highest BCUT2D eigenvalue weighted by molar-refractivity contribution is 6.31. The number of aromatic nitrogens is 2. The van der Waals surface area contributed by atoms with Crippen LogP contribution in [0.2, 0.25) is 5.02 Å². The Labute approximate surface area is 99.8 Å². The zero-order valence-electron chi connectivity index (χ0n) is 9.37. The van der Waals surface area contributed by atoms with Crippen LogP contribution in [0.5, 0.6) is 0 Å². The summed E-state index contributed by atoms with van der Waals surface area (Å²) in [6, 6.07) is 5.89. The van der Waals surface area contributed by atoms with Crippen LogP contribution in [0.25, 0.3) is 11.1 Å². The van der Waals surface area contributed by atoms with Crippen molar-refractivity contribution in [3.63, 3.8) is 0 Å². The molecule has 2 aromatic rings. The zero-order chi connectivity index (χ0) is 11.7. The van der Waals surface area contributed by atoms with Crippen LogP contribution in [0, 0.1) is 6.92 Å². The van der Waals surface area contributed by atoms with Gasteiger partial charge in [-0.2, -0.15) is 5.10 Å². The SMILES string of the molecule is Cc1c(-c2ccc(Cl)c(CN)c2)cnn1C. The molecule has 2 N–H and O–H groups in total. The number of nitrogens with zero attached hydrogens (tertiary/aromatic N) is 2. The topological polar surface area (TPSA) is 43.8 Å². The Balaban J connectivity index is 2.52. The standard InChI is InChI=1S/C12H14ClN3/c1-8-11(7-15-16(8)2)9-3-4-12(13)10(5-9)6-14/h3-5,7H,6,14H2,1-2H3. The van der Waals surface area contributed by atoms with Crippen LogP contribution in [-0.4, -0.2) is 9.78 Å². The smallest absolute Gasteiger partial charge is 0.0571 e. The van der Waals surface area contributed by atoms with Gasteiger partial charge in [-0.15, -0.1) is 0 Å². The van der Waals surface area contributed by atoms with Crippen molar-refractivity contribution in [3.05, 3.63) is 40.7 Å². The summed E-state index contributed by atoms with van der Waals surface area (Å²) in [7, 11) is 1.93. The predicted molar refractivity (Wildman–Crippen MR) is 66.3 cm³/mol. The molecule has 1 aromatic carbocycles. The number of benzene rings is 1. The van der Waals surface area contributed by atoms with Crippen molar-refractivity contribution in [2.45, 2.75) is 13.5 Å². The third kappa shape index (κ3) is 1.84. The van der Waals surface area contributed by atoms with Crippen molar-refractivity contribution in [1.82, 2.24) is 9.78 Å². The van der Waals surface area contributed by atoms with Crippen molar-refractivity contribution in [3.8, 4) is 11.1 Å². The highest BCUT2D eigenvalue weighted by Crippen LogP contribution is 2.26. The van der Waals surface area contributed by atoms with Crippen LogP contribution in [0.4, 0.5) is 0 Å². The molecular formula is C12H14ClN3. The molecule has 0 amide bonds. The predicted octanol–water partition coefficient (Wildman–Crippen LogP) is 2.51. The van der Waals surface area contributed by atoms with Gasteiger partial charge in [-0.1, -0.05) is 17.7 Å². The highest BCUT2D eigenvalue weighted by atomic mass is 35.5. The average Bonchev–Trinajstić information content (AvgIpc) is 2.61. The number of hydrogen-bond acceptors (Lipinski definition) is 2. The Morgan fingerprint density at radius 1 is 1.44 bits per heavy atom. The maximum atomic E-state index is 6.03. The van der Waals surface area contributed by atoms with Gasteiger partial charge in [-0.05, 0) is 30.2 Å². The first-order valence-corrected chi connectivity index (χ1v) is 5.48. The molecule has 0 radical (unpaired) electrons. The van der Waals surface area contributed by atoms with Crippen LogP contribution in [-0.2, 0) is 13.6 Å². The molecule has 0 unspecified atom stereocenters. The van der Waals surface area contributed by atoms with E-state index in [1.54, 1.807) is 0 Å². The first kappa shape index (κ1) is 11.2. The van der Waals surface area contributed by atoms with Gasteiger partial charge >= 0.3 is 0 Å². The molecule has 0 aliphatic rings. The van der Waals surface area contributed by atoms with E-state index >= 15 is 0 Å². The molecule has 0 aliphatic heterocycles. The van der Waals surface area contributed by atoms with E-state index in [9.17, 15) is 0 Å². The number of rotatable bonds is 2. The molecule has 0 atom stereocenters. The maximum Gasteiger partial charge on any atom is 0.0571 e. The van der Waals surface area contributed by atoms with Crippen molar-refractivity contribution in [2.24, 2.45) is 12.8 Å². The Morgan fingerprint density at radius 2 is 2.19 bits per heavy atom. The molecule has 0 fully saturated rings. The Kier molecular flexibility index (Phi) is 2.99. The largest absolute Gasteiger partial charge is 0.326 e. The number of hydrogen-bond donors (Lipinski definition) is 1. The molecule has 16 heavy (non-hydrogen) atoms. The van der Waals surface area contributed by atoms with Crippen LogP contribution in [0.1, 0.15) is 11.3 Å². The third-order valence-corrected chi connectivity index (χ3v) is 3.18. The highest BCUT2D eigenvalue weighted by Gasteiger charge is 2.08. The van der Waals surface area contributed by atoms with E-state index in [0.717, 1.165) is 22.4 Å². The molecule has 3 nitrogen and oxygen atoms in total. The van der Waals surface area contributed by atoms with Gasteiger partial charge in [0.1, 0.15) is 0 Å². The third-order valence-electron chi connectivity index (χ3n) is 2.81. The summed E-state index contributed by atoms with van der Waals surface area (Å²) < 4.78 is 1.85. The Morgan fingerprint density at radius 3 is 2.75 bits per heavy atom. The van der Waals surface area contributed by atoms with Gasteiger partial charge in [-0.3, -0.25) is 4.68 Å². The lowest BCUT2D eigenvalue weighted by atomic mass is 10.0. The number of nitrogens with two attached hydrogens (primary N) is 1. The van der Waals surface area contributed by atoms with Gasteiger partial charge in [0.25, 0.3) is 0 Å². The monoisotopic (exact) mass is 235 g/mol. The summed E-state index contributed by atoms with van der Waals surface area (Å²) in [5, 5.41) is 4.94. The minimum absolute atomic E-state index is 0.450. The van der Waals surface area contributed by atoms with Crippen molar-refractivity contribution >= 4 is 11.6 Å². The number of aryl methyl sites for hydroxylation is 1. The lowest BCUT2D eigenvalue weighted by Crippen LogP contribution is -1.97.